The minimum absolute atomic E-state index is 0. The third-order valence-electron chi connectivity index (χ3n) is 1.37. The first kappa shape index (κ1) is 9.20. The molecule has 1 aliphatic rings. The quantitative estimate of drug-likeness (QED) is 0.468. The SMILES string of the molecule is CN1C=C[N+](C)(C)C=C1.[OH-]. The smallest absolute Gasteiger partial charge is 0.116 e. The van der Waals surface area contributed by atoms with Crippen molar-refractivity contribution in [3.05, 3.63) is 24.8 Å². The summed E-state index contributed by atoms with van der Waals surface area (Å²) < 4.78 is 0.838. The maximum atomic E-state index is 2.12. The fourth-order valence-corrected chi connectivity index (χ4v) is 0.653. The summed E-state index contributed by atoms with van der Waals surface area (Å²) in [5.74, 6) is 0. The van der Waals surface area contributed by atoms with Crippen LogP contribution in [-0.4, -0.2) is 36.0 Å². The Labute approximate surface area is 61.8 Å². The van der Waals surface area contributed by atoms with Gasteiger partial charge in [-0.05, 0) is 0 Å². The van der Waals surface area contributed by atoms with Gasteiger partial charge in [-0.1, -0.05) is 0 Å². The molecule has 1 N–H and O–H groups in total. The molecule has 0 spiro atoms. The Balaban J connectivity index is 0.000000810. The zero-order valence-electron chi connectivity index (χ0n) is 6.65. The predicted molar refractivity (Wildman–Crippen MR) is 40.1 cm³/mol. The lowest BCUT2D eigenvalue weighted by molar-refractivity contribution is -0.785. The molecule has 0 atom stereocenters. The van der Waals surface area contributed by atoms with Gasteiger partial charge in [0.2, 0.25) is 0 Å². The van der Waals surface area contributed by atoms with Crippen molar-refractivity contribution in [2.24, 2.45) is 0 Å². The molecule has 1 heterocycles. The molecule has 1 rings (SSSR count). The molecule has 0 unspecified atom stereocenters. The van der Waals surface area contributed by atoms with Crippen LogP contribution in [-0.2, 0) is 0 Å². The van der Waals surface area contributed by atoms with E-state index in [9.17, 15) is 0 Å². The van der Waals surface area contributed by atoms with Crippen molar-refractivity contribution in [1.29, 1.82) is 0 Å². The summed E-state index contributed by atoms with van der Waals surface area (Å²) >= 11 is 0. The maximum Gasteiger partial charge on any atom is 0.116 e. The monoisotopic (exact) mass is 142 g/mol. The molecule has 3 nitrogen and oxygen atoms in total. The van der Waals surface area contributed by atoms with Gasteiger partial charge in [-0.3, -0.25) is 4.48 Å². The molecule has 0 aliphatic carbocycles. The highest BCUT2D eigenvalue weighted by molar-refractivity contribution is 4.89. The zero-order chi connectivity index (χ0) is 6.91. The molecule has 0 fully saturated rings. The molecule has 0 radical (unpaired) electrons. The number of hydrogen-bond donors (Lipinski definition) is 0. The van der Waals surface area contributed by atoms with Crippen LogP contribution in [0.25, 0.3) is 0 Å². The third-order valence-corrected chi connectivity index (χ3v) is 1.37. The van der Waals surface area contributed by atoms with Crippen LogP contribution in [0.5, 0.6) is 0 Å². The molecular formula is C7H14N2O. The van der Waals surface area contributed by atoms with E-state index in [0.717, 1.165) is 4.48 Å². The van der Waals surface area contributed by atoms with E-state index in [1.807, 2.05) is 11.9 Å². The minimum Gasteiger partial charge on any atom is -0.870 e. The van der Waals surface area contributed by atoms with E-state index in [-0.39, 0.29) is 5.48 Å². The molecule has 10 heavy (non-hydrogen) atoms. The number of quaternary nitrogens is 1. The summed E-state index contributed by atoms with van der Waals surface area (Å²) in [6.45, 7) is 0. The second-order valence-corrected chi connectivity index (χ2v) is 2.89. The maximum absolute atomic E-state index is 2.12. The molecule has 0 aromatic rings. The molecule has 0 aromatic heterocycles. The van der Waals surface area contributed by atoms with Crippen molar-refractivity contribution in [2.75, 3.05) is 21.1 Å². The van der Waals surface area contributed by atoms with Crippen molar-refractivity contribution in [3.63, 3.8) is 0 Å². The lowest BCUT2D eigenvalue weighted by Gasteiger charge is -2.24. The van der Waals surface area contributed by atoms with Gasteiger partial charge in [0.05, 0.1) is 26.5 Å². The minimum atomic E-state index is 0. The van der Waals surface area contributed by atoms with Crippen molar-refractivity contribution in [3.8, 4) is 0 Å². The molecule has 0 saturated carbocycles. The van der Waals surface area contributed by atoms with Crippen LogP contribution in [0.2, 0.25) is 0 Å². The number of nitrogens with zero attached hydrogens (tertiary/aromatic N) is 2. The average molecular weight is 142 g/mol. The molecule has 3 heteroatoms. The lowest BCUT2D eigenvalue weighted by Crippen LogP contribution is -2.29. The largest absolute Gasteiger partial charge is 0.870 e. The van der Waals surface area contributed by atoms with Crippen molar-refractivity contribution < 1.29 is 9.96 Å². The van der Waals surface area contributed by atoms with Crippen LogP contribution < -0.4 is 0 Å². The van der Waals surface area contributed by atoms with Gasteiger partial charge in [0, 0.05) is 7.05 Å². The van der Waals surface area contributed by atoms with Crippen LogP contribution >= 0.6 is 0 Å². The summed E-state index contributed by atoms with van der Waals surface area (Å²) in [5, 5.41) is 0. The highest BCUT2D eigenvalue weighted by Gasteiger charge is 2.09. The van der Waals surface area contributed by atoms with Crippen LogP contribution in [0.15, 0.2) is 24.8 Å². The Bertz CT molecular complexity index is 145. The normalized spacial score (nSPS) is 20.5. The average Bonchev–Trinajstić information content (AvgIpc) is 1.78. The summed E-state index contributed by atoms with van der Waals surface area (Å²) in [4.78, 5) is 2.03. The van der Waals surface area contributed by atoms with Gasteiger partial charge < -0.3 is 10.4 Å². The van der Waals surface area contributed by atoms with E-state index in [1.54, 1.807) is 0 Å². The Morgan fingerprint density at radius 3 is 1.80 bits per heavy atom. The second kappa shape index (κ2) is 2.86. The van der Waals surface area contributed by atoms with E-state index >= 15 is 0 Å². The summed E-state index contributed by atoms with van der Waals surface area (Å²) in [6.07, 6.45) is 8.36. The van der Waals surface area contributed by atoms with Gasteiger partial charge in [-0.15, -0.1) is 0 Å². The number of rotatable bonds is 0. The van der Waals surface area contributed by atoms with Gasteiger partial charge in [0.15, 0.2) is 0 Å². The van der Waals surface area contributed by atoms with Gasteiger partial charge in [-0.2, -0.15) is 0 Å². The molecule has 0 aromatic carbocycles. The van der Waals surface area contributed by atoms with Crippen molar-refractivity contribution >= 4 is 0 Å². The van der Waals surface area contributed by atoms with Crippen molar-refractivity contribution in [1.82, 2.24) is 4.90 Å². The van der Waals surface area contributed by atoms with Crippen LogP contribution in [0.3, 0.4) is 0 Å². The fourth-order valence-electron chi connectivity index (χ4n) is 0.653. The van der Waals surface area contributed by atoms with E-state index in [4.69, 9.17) is 0 Å². The topological polar surface area (TPSA) is 33.2 Å². The zero-order valence-corrected chi connectivity index (χ0v) is 6.65. The first-order chi connectivity index (χ1) is 4.10. The van der Waals surface area contributed by atoms with Crippen LogP contribution in [0.1, 0.15) is 0 Å². The fraction of sp³-hybridized carbons (Fsp3) is 0.429. The summed E-state index contributed by atoms with van der Waals surface area (Å²) in [5.41, 5.74) is 0. The molecule has 0 bridgehead atoms. The van der Waals surface area contributed by atoms with Gasteiger partial charge in [0.1, 0.15) is 12.4 Å². The third kappa shape index (κ3) is 2.21. The van der Waals surface area contributed by atoms with Gasteiger partial charge >= 0.3 is 0 Å². The van der Waals surface area contributed by atoms with E-state index < -0.39 is 0 Å². The van der Waals surface area contributed by atoms with Gasteiger partial charge in [-0.25, -0.2) is 0 Å². The molecule has 1 aliphatic heterocycles. The molecule has 58 valence electrons. The van der Waals surface area contributed by atoms with E-state index in [0.29, 0.717) is 0 Å². The summed E-state index contributed by atoms with van der Waals surface area (Å²) in [6, 6.07) is 0. The second-order valence-electron chi connectivity index (χ2n) is 2.89. The predicted octanol–water partition coefficient (Wildman–Crippen LogP) is 0.774. The van der Waals surface area contributed by atoms with E-state index in [2.05, 4.69) is 38.9 Å². The highest BCUT2D eigenvalue weighted by Crippen LogP contribution is 2.06. The Morgan fingerprint density at radius 1 is 1.10 bits per heavy atom. The van der Waals surface area contributed by atoms with Crippen molar-refractivity contribution in [2.45, 2.75) is 0 Å². The Hall–Kier alpha value is -0.800. The highest BCUT2D eigenvalue weighted by atomic mass is 16.0. The molecular weight excluding hydrogens is 128 g/mol. The summed E-state index contributed by atoms with van der Waals surface area (Å²) in [7, 11) is 6.27. The van der Waals surface area contributed by atoms with Crippen LogP contribution in [0.4, 0.5) is 0 Å². The first-order valence-corrected chi connectivity index (χ1v) is 3.04. The standard InChI is InChI=1S/C7H13N2.H2O/c1-8-4-6-9(2,3)7-5-8;/h4-7H,1-3H3;1H2/q+1;/p-1. The number of hydrogen-bond acceptors (Lipinski definition) is 2. The lowest BCUT2D eigenvalue weighted by atomic mass is 10.5. The molecule has 0 saturated heterocycles. The van der Waals surface area contributed by atoms with Gasteiger partial charge in [0.25, 0.3) is 0 Å². The Morgan fingerprint density at radius 2 is 1.50 bits per heavy atom. The van der Waals surface area contributed by atoms with E-state index in [1.165, 1.54) is 0 Å². The van der Waals surface area contributed by atoms with Crippen LogP contribution in [0, 0.1) is 0 Å². The first-order valence-electron chi connectivity index (χ1n) is 3.04. The Kier molecular flexibility index (Phi) is 2.63. The molecule has 0 amide bonds.